The molecule has 3 aliphatic rings. The molecule has 2 amide bonds. The van der Waals surface area contributed by atoms with Crippen LogP contribution in [0.5, 0.6) is 11.5 Å². The van der Waals surface area contributed by atoms with Crippen LogP contribution in [0.3, 0.4) is 0 Å². The number of nitrogens with zero attached hydrogens (tertiary/aromatic N) is 3. The van der Waals surface area contributed by atoms with E-state index in [1.54, 1.807) is 30.9 Å². The van der Waals surface area contributed by atoms with Gasteiger partial charge in [-0.1, -0.05) is 29.8 Å². The highest BCUT2D eigenvalue weighted by Crippen LogP contribution is 2.37. The number of allylic oxidation sites excluding steroid dienone is 1. The number of rotatable bonds is 7. The van der Waals surface area contributed by atoms with Crippen molar-refractivity contribution >= 4 is 29.4 Å². The number of carbonyl (C=O) groups is 3. The molecule has 5 rings (SSSR count). The molecule has 0 radical (unpaired) electrons. The van der Waals surface area contributed by atoms with Crippen LogP contribution in [0.4, 0.5) is 0 Å². The Hall–Kier alpha value is -3.56. The standard InChI is InChI=1S/C29H32ClN3O6/c1-3-37-29(36)28-19(2)33(26(34)15-23(28)21-5-7-22(30)8-6-21)17-27(35)32-12-10-31(11-13-32)16-20-4-9-24-25(14-20)39-18-38-24/h4-9,14,23H,3,10-13,15-18H2,1-2H3. The smallest absolute Gasteiger partial charge is 0.336 e. The van der Waals surface area contributed by atoms with Crippen molar-refractivity contribution in [1.29, 1.82) is 0 Å². The van der Waals surface area contributed by atoms with E-state index in [1.807, 2.05) is 30.3 Å². The van der Waals surface area contributed by atoms with Crippen LogP contribution in [0.1, 0.15) is 37.3 Å². The molecular weight excluding hydrogens is 522 g/mol. The first-order chi connectivity index (χ1) is 18.8. The van der Waals surface area contributed by atoms with Crippen LogP contribution in [0, 0.1) is 0 Å². The lowest BCUT2D eigenvalue weighted by Crippen LogP contribution is -2.52. The van der Waals surface area contributed by atoms with Gasteiger partial charge in [-0.15, -0.1) is 0 Å². The summed E-state index contributed by atoms with van der Waals surface area (Å²) in [5.74, 6) is 0.249. The highest BCUT2D eigenvalue weighted by Gasteiger charge is 2.38. The zero-order valence-electron chi connectivity index (χ0n) is 22.2. The number of hydrogen-bond acceptors (Lipinski definition) is 7. The quantitative estimate of drug-likeness (QED) is 0.484. The summed E-state index contributed by atoms with van der Waals surface area (Å²) in [5.41, 5.74) is 2.79. The summed E-state index contributed by atoms with van der Waals surface area (Å²) in [6.45, 7) is 7.12. The lowest BCUT2D eigenvalue weighted by atomic mass is 9.83. The molecule has 0 aromatic heterocycles. The summed E-state index contributed by atoms with van der Waals surface area (Å²) in [4.78, 5) is 45.0. The zero-order chi connectivity index (χ0) is 27.5. The summed E-state index contributed by atoms with van der Waals surface area (Å²) < 4.78 is 16.2. The van der Waals surface area contributed by atoms with Crippen LogP contribution in [0.15, 0.2) is 53.7 Å². The molecule has 10 heteroatoms. The fourth-order valence-electron chi connectivity index (χ4n) is 5.34. The van der Waals surface area contributed by atoms with E-state index in [0.717, 1.165) is 42.3 Å². The SMILES string of the molecule is CCOC(=O)C1=C(C)N(CC(=O)N2CCN(Cc3ccc4c(c3)OCO4)CC2)C(=O)CC1c1ccc(Cl)cc1. The molecule has 3 heterocycles. The van der Waals surface area contributed by atoms with Gasteiger partial charge in [0.25, 0.3) is 0 Å². The van der Waals surface area contributed by atoms with E-state index >= 15 is 0 Å². The van der Waals surface area contributed by atoms with E-state index in [2.05, 4.69) is 4.90 Å². The molecule has 0 spiro atoms. The van der Waals surface area contributed by atoms with Gasteiger partial charge in [0.2, 0.25) is 18.6 Å². The van der Waals surface area contributed by atoms with Gasteiger partial charge in [0.1, 0.15) is 6.54 Å². The lowest BCUT2D eigenvalue weighted by molar-refractivity contribution is -0.143. The minimum atomic E-state index is -0.475. The van der Waals surface area contributed by atoms with Crippen molar-refractivity contribution in [2.24, 2.45) is 0 Å². The van der Waals surface area contributed by atoms with E-state index in [9.17, 15) is 14.4 Å². The second-order valence-corrected chi connectivity index (χ2v) is 10.3. The second-order valence-electron chi connectivity index (χ2n) is 9.85. The van der Waals surface area contributed by atoms with Crippen LogP contribution in [0.25, 0.3) is 0 Å². The fourth-order valence-corrected chi connectivity index (χ4v) is 5.47. The van der Waals surface area contributed by atoms with Crippen LogP contribution in [0.2, 0.25) is 5.02 Å². The summed E-state index contributed by atoms with van der Waals surface area (Å²) in [6, 6.07) is 13.1. The molecule has 206 valence electrons. The van der Waals surface area contributed by atoms with Crippen LogP contribution in [-0.2, 0) is 25.7 Å². The summed E-state index contributed by atoms with van der Waals surface area (Å²) in [7, 11) is 0. The molecule has 1 fully saturated rings. The first-order valence-corrected chi connectivity index (χ1v) is 13.5. The summed E-state index contributed by atoms with van der Waals surface area (Å²) in [6.07, 6.45) is 0.0731. The molecule has 0 N–H and O–H groups in total. The van der Waals surface area contributed by atoms with E-state index in [-0.39, 0.29) is 38.2 Å². The molecule has 0 bridgehead atoms. The Kier molecular flexibility index (Phi) is 8.09. The third-order valence-electron chi connectivity index (χ3n) is 7.45. The molecule has 2 aromatic rings. The Morgan fingerprint density at radius 3 is 2.46 bits per heavy atom. The topological polar surface area (TPSA) is 88.6 Å². The first-order valence-electron chi connectivity index (χ1n) is 13.2. The molecule has 1 atom stereocenters. The molecule has 0 aliphatic carbocycles. The largest absolute Gasteiger partial charge is 0.463 e. The number of piperazine rings is 1. The number of ether oxygens (including phenoxy) is 3. The minimum Gasteiger partial charge on any atom is -0.463 e. The fraction of sp³-hybridized carbons (Fsp3) is 0.414. The molecule has 0 saturated carbocycles. The Labute approximate surface area is 232 Å². The van der Waals surface area contributed by atoms with Crippen LogP contribution >= 0.6 is 11.6 Å². The average molecular weight is 554 g/mol. The van der Waals surface area contributed by atoms with E-state index < -0.39 is 11.9 Å². The number of carbonyl (C=O) groups excluding carboxylic acids is 3. The van der Waals surface area contributed by atoms with Crippen LogP contribution < -0.4 is 9.47 Å². The maximum absolute atomic E-state index is 13.3. The predicted molar refractivity (Wildman–Crippen MR) is 144 cm³/mol. The van der Waals surface area contributed by atoms with Crippen molar-refractivity contribution in [3.05, 3.63) is 69.9 Å². The highest BCUT2D eigenvalue weighted by molar-refractivity contribution is 6.30. The normalized spacial score (nSPS) is 19.5. The van der Waals surface area contributed by atoms with Gasteiger partial charge in [-0.2, -0.15) is 0 Å². The van der Waals surface area contributed by atoms with Gasteiger partial charge >= 0.3 is 5.97 Å². The van der Waals surface area contributed by atoms with Gasteiger partial charge in [0, 0.05) is 55.8 Å². The molecule has 39 heavy (non-hydrogen) atoms. The number of esters is 1. The van der Waals surface area contributed by atoms with Crippen molar-refractivity contribution < 1.29 is 28.6 Å². The van der Waals surface area contributed by atoms with E-state index in [4.69, 9.17) is 25.8 Å². The Balaban J connectivity index is 1.24. The van der Waals surface area contributed by atoms with Crippen molar-refractivity contribution in [1.82, 2.24) is 14.7 Å². The lowest BCUT2D eigenvalue weighted by Gasteiger charge is -2.38. The Morgan fingerprint density at radius 1 is 1.03 bits per heavy atom. The highest BCUT2D eigenvalue weighted by atomic mass is 35.5. The maximum Gasteiger partial charge on any atom is 0.336 e. The molecule has 3 aliphatic heterocycles. The number of fused-ring (bicyclic) bond motifs is 1. The predicted octanol–water partition coefficient (Wildman–Crippen LogP) is 3.57. The molecule has 2 aromatic carbocycles. The minimum absolute atomic E-state index is 0.0731. The van der Waals surface area contributed by atoms with Gasteiger partial charge < -0.3 is 24.0 Å². The second kappa shape index (κ2) is 11.7. The third kappa shape index (κ3) is 5.89. The number of benzene rings is 2. The number of hydrogen-bond donors (Lipinski definition) is 0. The van der Waals surface area contributed by atoms with E-state index in [0.29, 0.717) is 29.4 Å². The van der Waals surface area contributed by atoms with Crippen molar-refractivity contribution in [2.75, 3.05) is 46.1 Å². The van der Waals surface area contributed by atoms with Gasteiger partial charge in [-0.05, 0) is 49.2 Å². The Bertz CT molecular complexity index is 1290. The first kappa shape index (κ1) is 27.0. The molecule has 1 saturated heterocycles. The average Bonchev–Trinajstić information content (AvgIpc) is 3.39. The monoisotopic (exact) mass is 553 g/mol. The van der Waals surface area contributed by atoms with Gasteiger partial charge in [-0.3, -0.25) is 14.5 Å². The van der Waals surface area contributed by atoms with Crippen molar-refractivity contribution in [2.45, 2.75) is 32.7 Å². The third-order valence-corrected chi connectivity index (χ3v) is 7.70. The summed E-state index contributed by atoms with van der Waals surface area (Å²) in [5, 5.41) is 0.572. The maximum atomic E-state index is 13.3. The van der Waals surface area contributed by atoms with E-state index in [1.165, 1.54) is 4.90 Å². The molecule has 9 nitrogen and oxygen atoms in total. The zero-order valence-corrected chi connectivity index (χ0v) is 22.9. The number of amides is 2. The van der Waals surface area contributed by atoms with Crippen molar-refractivity contribution in [3.8, 4) is 11.5 Å². The molecule has 1 unspecified atom stereocenters. The van der Waals surface area contributed by atoms with Crippen molar-refractivity contribution in [3.63, 3.8) is 0 Å². The van der Waals surface area contributed by atoms with Gasteiger partial charge in [0.05, 0.1) is 12.2 Å². The summed E-state index contributed by atoms with van der Waals surface area (Å²) >= 11 is 6.05. The van der Waals surface area contributed by atoms with Gasteiger partial charge in [0.15, 0.2) is 11.5 Å². The number of halogens is 1. The molecular formula is C29H32ClN3O6. The Morgan fingerprint density at radius 2 is 1.74 bits per heavy atom. The van der Waals surface area contributed by atoms with Gasteiger partial charge in [-0.25, -0.2) is 4.79 Å². The van der Waals surface area contributed by atoms with Crippen LogP contribution in [-0.4, -0.2) is 78.6 Å².